The molecule has 0 fully saturated rings. The van der Waals surface area contributed by atoms with E-state index in [4.69, 9.17) is 9.47 Å². The maximum absolute atomic E-state index is 12.9. The largest absolute Gasteiger partial charge is 0.508 e. The fraction of sp³-hybridized carbons (Fsp3) is 0.200. The number of phenolic OH excluding ortho intramolecular Hbond substituents is 1. The van der Waals surface area contributed by atoms with Crippen LogP contribution in [0.2, 0.25) is 0 Å². The van der Waals surface area contributed by atoms with Crippen molar-refractivity contribution in [1.82, 2.24) is 0 Å². The number of ether oxygens (including phenoxy) is 2. The third-order valence-electron chi connectivity index (χ3n) is 4.81. The Bertz CT molecular complexity index is 1030. The highest BCUT2D eigenvalue weighted by molar-refractivity contribution is 5.97. The van der Waals surface area contributed by atoms with Gasteiger partial charge in [-0.1, -0.05) is 12.1 Å². The van der Waals surface area contributed by atoms with Crippen molar-refractivity contribution < 1.29 is 24.2 Å². The molecule has 0 heterocycles. The molecule has 0 radical (unpaired) electrons. The summed E-state index contributed by atoms with van der Waals surface area (Å²) in [5.41, 5.74) is 2.64. The second-order valence-corrected chi connectivity index (χ2v) is 6.95. The van der Waals surface area contributed by atoms with Crippen LogP contribution in [-0.4, -0.2) is 30.6 Å². The minimum absolute atomic E-state index is 0.0662. The Morgan fingerprint density at radius 3 is 2.29 bits per heavy atom. The summed E-state index contributed by atoms with van der Waals surface area (Å²) in [7, 11) is 1.59. The fourth-order valence-electron chi connectivity index (χ4n) is 3.18. The minimum atomic E-state index is -0.374. The number of methoxy groups -OCH3 is 1. The maximum Gasteiger partial charge on any atom is 0.338 e. The topological polar surface area (TPSA) is 84.9 Å². The van der Waals surface area contributed by atoms with Crippen LogP contribution in [0.15, 0.2) is 72.8 Å². The van der Waals surface area contributed by atoms with Gasteiger partial charge in [-0.25, -0.2) is 4.79 Å². The first kappa shape index (κ1) is 21.9. The monoisotopic (exact) mass is 419 g/mol. The van der Waals surface area contributed by atoms with E-state index in [1.54, 1.807) is 50.4 Å². The van der Waals surface area contributed by atoms with Crippen molar-refractivity contribution in [2.45, 2.75) is 19.4 Å². The quantitative estimate of drug-likeness (QED) is 0.375. The van der Waals surface area contributed by atoms with Gasteiger partial charge in [0.1, 0.15) is 11.5 Å². The molecule has 1 atom stereocenters. The van der Waals surface area contributed by atoms with Crippen molar-refractivity contribution in [3.63, 3.8) is 0 Å². The predicted molar refractivity (Wildman–Crippen MR) is 119 cm³/mol. The number of carbonyl (C=O) groups excluding carboxylic acids is 2. The average molecular weight is 419 g/mol. The van der Waals surface area contributed by atoms with Gasteiger partial charge in [0.15, 0.2) is 5.78 Å². The van der Waals surface area contributed by atoms with Crippen LogP contribution >= 0.6 is 0 Å². The number of Topliss-reactive ketones (excluding diaryl/α,β-unsaturated/α-hetero) is 1. The normalized spacial score (nSPS) is 11.4. The molecular formula is C25H25NO5. The number of nitrogens with one attached hydrogen (secondary N) is 1. The summed E-state index contributed by atoms with van der Waals surface area (Å²) in [5, 5.41) is 12.9. The van der Waals surface area contributed by atoms with Crippen molar-refractivity contribution in [3.05, 3.63) is 89.5 Å². The lowest BCUT2D eigenvalue weighted by molar-refractivity contribution is 0.0526. The standard InChI is InChI=1S/C25H25NO5/c1-3-31-25(29)18-7-11-20(12-8-18)26-23(19-5-4-6-22(15-19)30-2)16-24(28)17-9-13-21(27)14-10-17/h4-15,23,26-27H,3,16H2,1-2H3. The fourth-order valence-corrected chi connectivity index (χ4v) is 3.18. The van der Waals surface area contributed by atoms with Crippen molar-refractivity contribution in [2.24, 2.45) is 0 Å². The molecule has 3 aromatic rings. The second kappa shape index (κ2) is 10.3. The molecule has 3 rings (SSSR count). The number of anilines is 1. The van der Waals surface area contributed by atoms with E-state index in [2.05, 4.69) is 5.32 Å². The SMILES string of the molecule is CCOC(=O)c1ccc(NC(CC(=O)c2ccc(O)cc2)c2cccc(OC)c2)cc1. The van der Waals surface area contributed by atoms with Crippen LogP contribution < -0.4 is 10.1 Å². The summed E-state index contributed by atoms with van der Waals surface area (Å²) in [6, 6.07) is 20.3. The van der Waals surface area contributed by atoms with Crippen LogP contribution in [-0.2, 0) is 4.74 Å². The van der Waals surface area contributed by atoms with E-state index >= 15 is 0 Å². The third-order valence-corrected chi connectivity index (χ3v) is 4.81. The van der Waals surface area contributed by atoms with E-state index in [0.717, 1.165) is 11.3 Å². The molecule has 6 heteroatoms. The Labute approximate surface area is 181 Å². The van der Waals surface area contributed by atoms with E-state index in [-0.39, 0.29) is 30.0 Å². The van der Waals surface area contributed by atoms with Gasteiger partial charge < -0.3 is 19.9 Å². The van der Waals surface area contributed by atoms with Gasteiger partial charge in [-0.2, -0.15) is 0 Å². The minimum Gasteiger partial charge on any atom is -0.508 e. The molecule has 0 aliphatic carbocycles. The van der Waals surface area contributed by atoms with Gasteiger partial charge in [0.05, 0.1) is 25.3 Å². The molecule has 0 spiro atoms. The van der Waals surface area contributed by atoms with E-state index in [1.807, 2.05) is 24.3 Å². The first-order chi connectivity index (χ1) is 15.0. The summed E-state index contributed by atoms with van der Waals surface area (Å²) in [6.45, 7) is 2.08. The summed E-state index contributed by atoms with van der Waals surface area (Å²) >= 11 is 0. The number of aromatic hydroxyl groups is 1. The molecule has 1 unspecified atom stereocenters. The Hall–Kier alpha value is -3.80. The van der Waals surface area contributed by atoms with Gasteiger partial charge in [0, 0.05) is 17.7 Å². The average Bonchev–Trinajstić information content (AvgIpc) is 2.79. The Morgan fingerprint density at radius 2 is 1.65 bits per heavy atom. The molecule has 0 saturated carbocycles. The lowest BCUT2D eigenvalue weighted by atomic mass is 9.97. The first-order valence-electron chi connectivity index (χ1n) is 10.00. The maximum atomic E-state index is 12.9. The Balaban J connectivity index is 1.84. The van der Waals surface area contributed by atoms with Gasteiger partial charge in [-0.05, 0) is 73.2 Å². The third kappa shape index (κ3) is 5.85. The highest BCUT2D eigenvalue weighted by Crippen LogP contribution is 2.28. The zero-order chi connectivity index (χ0) is 22.2. The number of rotatable bonds is 9. The van der Waals surface area contributed by atoms with E-state index in [1.165, 1.54) is 12.1 Å². The molecule has 0 saturated heterocycles. The highest BCUT2D eigenvalue weighted by Gasteiger charge is 2.18. The molecule has 0 aliphatic heterocycles. The van der Waals surface area contributed by atoms with E-state index in [9.17, 15) is 14.7 Å². The van der Waals surface area contributed by atoms with Crippen molar-refractivity contribution in [2.75, 3.05) is 19.0 Å². The highest BCUT2D eigenvalue weighted by atomic mass is 16.5. The molecule has 160 valence electrons. The molecule has 0 aliphatic rings. The molecule has 0 bridgehead atoms. The zero-order valence-electron chi connectivity index (χ0n) is 17.5. The molecular weight excluding hydrogens is 394 g/mol. The number of benzene rings is 3. The van der Waals surface area contributed by atoms with Crippen molar-refractivity contribution >= 4 is 17.4 Å². The Morgan fingerprint density at radius 1 is 0.968 bits per heavy atom. The lowest BCUT2D eigenvalue weighted by Gasteiger charge is -2.21. The predicted octanol–water partition coefficient (Wildman–Crippen LogP) is 5.00. The smallest absolute Gasteiger partial charge is 0.338 e. The first-order valence-corrected chi connectivity index (χ1v) is 10.00. The van der Waals surface area contributed by atoms with Gasteiger partial charge in [0.2, 0.25) is 0 Å². The van der Waals surface area contributed by atoms with Crippen LogP contribution in [0.25, 0.3) is 0 Å². The van der Waals surface area contributed by atoms with Gasteiger partial charge in [-0.3, -0.25) is 4.79 Å². The molecule has 0 amide bonds. The Kier molecular flexibility index (Phi) is 7.27. The van der Waals surface area contributed by atoms with Crippen LogP contribution in [0.3, 0.4) is 0 Å². The summed E-state index contributed by atoms with van der Waals surface area (Å²) < 4.78 is 10.3. The summed E-state index contributed by atoms with van der Waals surface area (Å²) in [4.78, 5) is 24.8. The summed E-state index contributed by atoms with van der Waals surface area (Å²) in [6.07, 6.45) is 0.192. The number of ketones is 1. The number of esters is 1. The van der Waals surface area contributed by atoms with E-state index < -0.39 is 0 Å². The van der Waals surface area contributed by atoms with Crippen molar-refractivity contribution in [3.8, 4) is 11.5 Å². The lowest BCUT2D eigenvalue weighted by Crippen LogP contribution is -2.16. The zero-order valence-corrected chi connectivity index (χ0v) is 17.5. The number of hydrogen-bond donors (Lipinski definition) is 2. The van der Waals surface area contributed by atoms with Crippen molar-refractivity contribution in [1.29, 1.82) is 0 Å². The molecule has 31 heavy (non-hydrogen) atoms. The second-order valence-electron chi connectivity index (χ2n) is 6.95. The molecule has 6 nitrogen and oxygen atoms in total. The van der Waals surface area contributed by atoms with Crippen LogP contribution in [0, 0.1) is 0 Å². The van der Waals surface area contributed by atoms with Gasteiger partial charge in [0.25, 0.3) is 0 Å². The van der Waals surface area contributed by atoms with Gasteiger partial charge in [-0.15, -0.1) is 0 Å². The molecule has 2 N–H and O–H groups in total. The molecule has 0 aromatic heterocycles. The van der Waals surface area contributed by atoms with E-state index in [0.29, 0.717) is 23.5 Å². The number of carbonyl (C=O) groups is 2. The number of phenols is 1. The number of hydrogen-bond acceptors (Lipinski definition) is 6. The van der Waals surface area contributed by atoms with Crippen LogP contribution in [0.5, 0.6) is 11.5 Å². The van der Waals surface area contributed by atoms with Gasteiger partial charge >= 0.3 is 5.97 Å². The summed E-state index contributed by atoms with van der Waals surface area (Å²) in [5.74, 6) is 0.365. The van der Waals surface area contributed by atoms with Crippen LogP contribution in [0.1, 0.15) is 45.7 Å². The molecule has 3 aromatic carbocycles. The van der Waals surface area contributed by atoms with Crippen LogP contribution in [0.4, 0.5) is 5.69 Å².